The molecule has 1 aromatic carbocycles. The van der Waals surface area contributed by atoms with E-state index in [1.807, 2.05) is 6.92 Å². The van der Waals surface area contributed by atoms with Gasteiger partial charge in [-0.2, -0.15) is 18.2 Å². The number of thiazole rings is 1. The standard InChI is InChI=1S/C16H16F3N3OS/c1-11-10-22(13-6-4-5-12(9-13)16(17,18)19)15(24-11)20-14(23)21-7-2-3-8-21/h4-6,9-10H,2-3,7-8H2,1H3. The molecule has 0 bridgehead atoms. The van der Waals surface area contributed by atoms with Crippen LogP contribution in [0.3, 0.4) is 0 Å². The molecule has 128 valence electrons. The minimum absolute atomic E-state index is 0.335. The molecule has 0 N–H and O–H groups in total. The van der Waals surface area contributed by atoms with Crippen molar-refractivity contribution in [2.45, 2.75) is 25.9 Å². The molecule has 0 radical (unpaired) electrons. The first-order valence-electron chi connectivity index (χ1n) is 7.55. The van der Waals surface area contributed by atoms with Gasteiger partial charge < -0.3 is 4.90 Å². The Bertz CT molecular complexity index is 816. The van der Waals surface area contributed by atoms with Crippen LogP contribution >= 0.6 is 11.3 Å². The van der Waals surface area contributed by atoms with E-state index < -0.39 is 11.7 Å². The van der Waals surface area contributed by atoms with E-state index in [1.54, 1.807) is 17.2 Å². The van der Waals surface area contributed by atoms with Crippen molar-refractivity contribution in [1.29, 1.82) is 0 Å². The Morgan fingerprint density at radius 3 is 2.62 bits per heavy atom. The zero-order chi connectivity index (χ0) is 17.3. The number of hydrogen-bond acceptors (Lipinski definition) is 2. The summed E-state index contributed by atoms with van der Waals surface area (Å²) < 4.78 is 40.3. The largest absolute Gasteiger partial charge is 0.416 e. The molecular formula is C16H16F3N3OS. The predicted octanol–water partition coefficient (Wildman–Crippen LogP) is 3.98. The van der Waals surface area contributed by atoms with Gasteiger partial charge in [-0.05, 0) is 38.0 Å². The summed E-state index contributed by atoms with van der Waals surface area (Å²) in [7, 11) is 0. The summed E-state index contributed by atoms with van der Waals surface area (Å²) >= 11 is 1.28. The monoisotopic (exact) mass is 355 g/mol. The molecule has 8 heteroatoms. The number of alkyl halides is 3. The lowest BCUT2D eigenvalue weighted by Gasteiger charge is -2.11. The lowest BCUT2D eigenvalue weighted by atomic mass is 10.2. The van der Waals surface area contributed by atoms with Gasteiger partial charge in [0.05, 0.1) is 5.56 Å². The fourth-order valence-corrected chi connectivity index (χ4v) is 3.44. The number of aromatic nitrogens is 1. The molecule has 1 aliphatic rings. The Balaban J connectivity index is 2.02. The number of hydrogen-bond donors (Lipinski definition) is 0. The summed E-state index contributed by atoms with van der Waals surface area (Å²) in [6, 6.07) is 4.67. The van der Waals surface area contributed by atoms with Crippen LogP contribution in [0.4, 0.5) is 18.0 Å². The highest BCUT2D eigenvalue weighted by atomic mass is 32.1. The van der Waals surface area contributed by atoms with E-state index in [4.69, 9.17) is 0 Å². The Morgan fingerprint density at radius 1 is 1.25 bits per heavy atom. The van der Waals surface area contributed by atoms with Gasteiger partial charge in [-0.1, -0.05) is 6.07 Å². The molecule has 1 aliphatic heterocycles. The van der Waals surface area contributed by atoms with Crippen molar-refractivity contribution in [2.24, 2.45) is 4.99 Å². The molecule has 2 amide bonds. The second kappa shape index (κ2) is 6.43. The lowest BCUT2D eigenvalue weighted by Crippen LogP contribution is -2.27. The molecule has 0 spiro atoms. The maximum absolute atomic E-state index is 12.9. The Kier molecular flexibility index (Phi) is 4.49. The van der Waals surface area contributed by atoms with E-state index in [9.17, 15) is 18.0 Å². The third kappa shape index (κ3) is 3.53. The fraction of sp³-hybridized carbons (Fsp3) is 0.375. The SMILES string of the molecule is Cc1cn(-c2cccc(C(F)(F)F)c2)c(=NC(=O)N2CCCC2)s1. The van der Waals surface area contributed by atoms with E-state index in [2.05, 4.69) is 4.99 Å². The molecule has 0 aliphatic carbocycles. The Morgan fingerprint density at radius 2 is 1.96 bits per heavy atom. The van der Waals surface area contributed by atoms with Gasteiger partial charge in [0.15, 0.2) is 4.80 Å². The van der Waals surface area contributed by atoms with Crippen molar-refractivity contribution in [3.05, 3.63) is 45.7 Å². The topological polar surface area (TPSA) is 37.6 Å². The van der Waals surface area contributed by atoms with Gasteiger partial charge in [0.2, 0.25) is 0 Å². The molecule has 0 saturated carbocycles. The molecule has 2 heterocycles. The summed E-state index contributed by atoms with van der Waals surface area (Å²) in [5, 5.41) is 0. The lowest BCUT2D eigenvalue weighted by molar-refractivity contribution is -0.137. The van der Waals surface area contributed by atoms with Gasteiger partial charge in [-0.3, -0.25) is 4.57 Å². The smallest absolute Gasteiger partial charge is 0.323 e. The van der Waals surface area contributed by atoms with Crippen molar-refractivity contribution in [3.63, 3.8) is 0 Å². The van der Waals surface area contributed by atoms with Crippen molar-refractivity contribution in [2.75, 3.05) is 13.1 Å². The highest BCUT2D eigenvalue weighted by Gasteiger charge is 2.30. The summed E-state index contributed by atoms with van der Waals surface area (Å²) in [6.45, 7) is 3.18. The van der Waals surface area contributed by atoms with E-state index in [0.29, 0.717) is 23.6 Å². The van der Waals surface area contributed by atoms with Gasteiger partial charge in [0.1, 0.15) is 0 Å². The van der Waals surface area contributed by atoms with Crippen LogP contribution in [0.15, 0.2) is 35.5 Å². The van der Waals surface area contributed by atoms with Crippen LogP contribution < -0.4 is 4.80 Å². The van der Waals surface area contributed by atoms with E-state index in [0.717, 1.165) is 29.9 Å². The third-order valence-corrected chi connectivity index (χ3v) is 4.69. The van der Waals surface area contributed by atoms with Crippen LogP contribution in [-0.2, 0) is 6.18 Å². The summed E-state index contributed by atoms with van der Waals surface area (Å²) in [5.41, 5.74) is -0.393. The second-order valence-electron chi connectivity index (χ2n) is 5.63. The van der Waals surface area contributed by atoms with Gasteiger partial charge in [-0.15, -0.1) is 11.3 Å². The zero-order valence-electron chi connectivity index (χ0n) is 13.0. The van der Waals surface area contributed by atoms with Crippen molar-refractivity contribution in [1.82, 2.24) is 9.47 Å². The molecule has 1 saturated heterocycles. The minimum atomic E-state index is -4.41. The average Bonchev–Trinajstić information content (AvgIpc) is 3.16. The highest BCUT2D eigenvalue weighted by molar-refractivity contribution is 7.09. The fourth-order valence-electron chi connectivity index (χ4n) is 2.61. The zero-order valence-corrected chi connectivity index (χ0v) is 13.8. The molecule has 1 aromatic heterocycles. The highest BCUT2D eigenvalue weighted by Crippen LogP contribution is 2.30. The Labute approximate surface area is 140 Å². The molecule has 0 atom stereocenters. The molecular weight excluding hydrogens is 339 g/mol. The summed E-state index contributed by atoms with van der Waals surface area (Å²) in [5.74, 6) is 0. The maximum atomic E-state index is 12.9. The first-order chi connectivity index (χ1) is 11.3. The normalized spacial score (nSPS) is 16.0. The second-order valence-corrected chi connectivity index (χ2v) is 6.84. The van der Waals surface area contributed by atoms with Crippen LogP contribution in [0.5, 0.6) is 0 Å². The number of rotatable bonds is 1. The van der Waals surface area contributed by atoms with Crippen LogP contribution in [0, 0.1) is 6.92 Å². The first kappa shape index (κ1) is 16.8. The molecule has 24 heavy (non-hydrogen) atoms. The van der Waals surface area contributed by atoms with E-state index >= 15 is 0 Å². The number of aryl methyl sites for hydroxylation is 1. The number of carbonyl (C=O) groups is 1. The molecule has 3 rings (SSSR count). The number of benzene rings is 1. The minimum Gasteiger partial charge on any atom is -0.323 e. The van der Waals surface area contributed by atoms with Crippen LogP contribution in [0.25, 0.3) is 5.69 Å². The number of halogens is 3. The van der Waals surface area contributed by atoms with Crippen molar-refractivity contribution >= 4 is 17.4 Å². The molecule has 2 aromatic rings. The molecule has 1 fully saturated rings. The summed E-state index contributed by atoms with van der Waals surface area (Å²) in [6.07, 6.45) is -0.808. The third-order valence-electron chi connectivity index (χ3n) is 3.79. The van der Waals surface area contributed by atoms with Crippen LogP contribution in [-0.4, -0.2) is 28.6 Å². The number of carbonyl (C=O) groups excluding carboxylic acids is 1. The maximum Gasteiger partial charge on any atom is 0.416 e. The van der Waals surface area contributed by atoms with E-state index in [-0.39, 0.29) is 6.03 Å². The predicted molar refractivity (Wildman–Crippen MR) is 85.2 cm³/mol. The van der Waals surface area contributed by atoms with Crippen molar-refractivity contribution < 1.29 is 18.0 Å². The number of likely N-dealkylation sites (tertiary alicyclic amines) is 1. The van der Waals surface area contributed by atoms with Crippen LogP contribution in [0.1, 0.15) is 23.3 Å². The average molecular weight is 355 g/mol. The number of amides is 2. The van der Waals surface area contributed by atoms with Crippen LogP contribution in [0.2, 0.25) is 0 Å². The Hall–Kier alpha value is -2.09. The quantitative estimate of drug-likeness (QED) is 0.762. The molecule has 4 nitrogen and oxygen atoms in total. The van der Waals surface area contributed by atoms with Gasteiger partial charge >= 0.3 is 12.2 Å². The number of nitrogens with zero attached hydrogens (tertiary/aromatic N) is 3. The molecule has 0 unspecified atom stereocenters. The van der Waals surface area contributed by atoms with Crippen molar-refractivity contribution in [3.8, 4) is 5.69 Å². The van der Waals surface area contributed by atoms with Gasteiger partial charge in [0.25, 0.3) is 0 Å². The number of urea groups is 1. The first-order valence-corrected chi connectivity index (χ1v) is 8.36. The van der Waals surface area contributed by atoms with E-state index in [1.165, 1.54) is 22.0 Å². The van der Waals surface area contributed by atoms with Gasteiger partial charge in [-0.25, -0.2) is 4.79 Å². The van der Waals surface area contributed by atoms with Gasteiger partial charge in [0, 0.05) is 29.9 Å². The summed E-state index contributed by atoms with van der Waals surface area (Å²) in [4.78, 5) is 19.2.